The van der Waals surface area contributed by atoms with Gasteiger partial charge in [-0.25, -0.2) is 4.79 Å². The van der Waals surface area contributed by atoms with Gasteiger partial charge in [0, 0.05) is 30.2 Å². The predicted molar refractivity (Wildman–Crippen MR) is 87.2 cm³/mol. The van der Waals surface area contributed by atoms with Gasteiger partial charge in [0.2, 0.25) is 0 Å². The zero-order valence-corrected chi connectivity index (χ0v) is 14.1. The van der Waals surface area contributed by atoms with Crippen LogP contribution in [0.25, 0.3) is 0 Å². The molecule has 7 heteroatoms. The van der Waals surface area contributed by atoms with Crippen molar-refractivity contribution in [3.8, 4) is 11.5 Å². The van der Waals surface area contributed by atoms with Crippen LogP contribution in [0.15, 0.2) is 12.1 Å². The van der Waals surface area contributed by atoms with Crippen LogP contribution >= 0.6 is 0 Å². The Hall–Kier alpha value is -1.99. The summed E-state index contributed by atoms with van der Waals surface area (Å²) in [5.74, 6) is 1.62. The molecule has 0 saturated carbocycles. The number of methoxy groups -OCH3 is 2. The number of carbonyl (C=O) groups is 1. The molecular formula is C17H24N2O5. The molecule has 24 heavy (non-hydrogen) atoms. The molecular weight excluding hydrogens is 312 g/mol. The number of hydrogen-bond donors (Lipinski definition) is 2. The number of fused-ring (bicyclic) bond motifs is 1. The van der Waals surface area contributed by atoms with E-state index in [1.54, 1.807) is 31.3 Å². The Balaban J connectivity index is 1.74. The van der Waals surface area contributed by atoms with Crippen molar-refractivity contribution in [2.24, 2.45) is 5.92 Å². The van der Waals surface area contributed by atoms with Gasteiger partial charge < -0.3 is 29.5 Å². The second-order valence-electron chi connectivity index (χ2n) is 6.17. The zero-order valence-electron chi connectivity index (χ0n) is 14.1. The molecule has 0 bridgehead atoms. The highest BCUT2D eigenvalue weighted by molar-refractivity contribution is 5.75. The maximum Gasteiger partial charge on any atom is 0.317 e. The van der Waals surface area contributed by atoms with Crippen molar-refractivity contribution >= 4 is 6.03 Å². The van der Waals surface area contributed by atoms with Gasteiger partial charge in [0.1, 0.15) is 17.6 Å². The van der Waals surface area contributed by atoms with Crippen molar-refractivity contribution in [3.63, 3.8) is 0 Å². The largest absolute Gasteiger partial charge is 0.496 e. The summed E-state index contributed by atoms with van der Waals surface area (Å²) >= 11 is 0. The molecule has 2 N–H and O–H groups in total. The fourth-order valence-electron chi connectivity index (χ4n) is 3.32. The molecule has 0 aromatic heterocycles. The summed E-state index contributed by atoms with van der Waals surface area (Å²) in [5, 5.41) is 13.5. The normalized spacial score (nSPS) is 22.9. The third-order valence-corrected chi connectivity index (χ3v) is 4.64. The smallest absolute Gasteiger partial charge is 0.317 e. The van der Waals surface area contributed by atoms with E-state index in [0.717, 1.165) is 18.6 Å². The standard InChI is InChI=1S/C17H24N2O5/c1-22-14-3-4-15(23-2)16-12(14)8-19(9-13(16)20)17(21)18-7-11-5-6-24-10-11/h3-4,11,13,20H,5-10H2,1-2H3,(H,18,21)/t11-,13+/m0/s1. The molecule has 1 fully saturated rings. The lowest BCUT2D eigenvalue weighted by Gasteiger charge is -2.34. The van der Waals surface area contributed by atoms with E-state index in [-0.39, 0.29) is 12.6 Å². The van der Waals surface area contributed by atoms with Crippen LogP contribution in [-0.4, -0.2) is 56.6 Å². The van der Waals surface area contributed by atoms with E-state index in [9.17, 15) is 9.90 Å². The first-order valence-electron chi connectivity index (χ1n) is 8.16. The van der Waals surface area contributed by atoms with Gasteiger partial charge in [0.25, 0.3) is 0 Å². The fourth-order valence-corrected chi connectivity index (χ4v) is 3.32. The summed E-state index contributed by atoms with van der Waals surface area (Å²) in [4.78, 5) is 14.1. The van der Waals surface area contributed by atoms with E-state index in [0.29, 0.717) is 42.7 Å². The molecule has 2 aliphatic rings. The van der Waals surface area contributed by atoms with Crippen molar-refractivity contribution < 1.29 is 24.1 Å². The van der Waals surface area contributed by atoms with E-state index in [1.165, 1.54) is 0 Å². The first kappa shape index (κ1) is 16.9. The van der Waals surface area contributed by atoms with Gasteiger partial charge in [-0.2, -0.15) is 0 Å². The Bertz CT molecular complexity index is 601. The number of urea groups is 1. The van der Waals surface area contributed by atoms with Gasteiger partial charge in [-0.3, -0.25) is 0 Å². The summed E-state index contributed by atoms with van der Waals surface area (Å²) in [6, 6.07) is 3.38. The van der Waals surface area contributed by atoms with Crippen molar-refractivity contribution in [1.82, 2.24) is 10.2 Å². The molecule has 7 nitrogen and oxygen atoms in total. The van der Waals surface area contributed by atoms with Gasteiger partial charge in [0.15, 0.2) is 0 Å². The fraction of sp³-hybridized carbons (Fsp3) is 0.588. The third-order valence-electron chi connectivity index (χ3n) is 4.64. The third kappa shape index (κ3) is 3.27. The highest BCUT2D eigenvalue weighted by Crippen LogP contribution is 2.39. The lowest BCUT2D eigenvalue weighted by molar-refractivity contribution is 0.1000. The molecule has 0 unspecified atom stereocenters. The molecule has 2 aliphatic heterocycles. The zero-order chi connectivity index (χ0) is 17.1. The Morgan fingerprint density at radius 1 is 1.38 bits per heavy atom. The van der Waals surface area contributed by atoms with Crippen LogP contribution in [0.5, 0.6) is 11.5 Å². The number of aliphatic hydroxyl groups excluding tert-OH is 1. The number of aliphatic hydroxyl groups is 1. The van der Waals surface area contributed by atoms with Gasteiger partial charge >= 0.3 is 6.03 Å². The summed E-state index contributed by atoms with van der Waals surface area (Å²) in [5.41, 5.74) is 1.49. The lowest BCUT2D eigenvalue weighted by atomic mass is 9.95. The van der Waals surface area contributed by atoms with Crippen molar-refractivity contribution in [2.45, 2.75) is 19.1 Å². The van der Waals surface area contributed by atoms with Gasteiger partial charge in [-0.1, -0.05) is 0 Å². The number of β-amino-alcohol motifs (C(OH)–C–C–N with tert-alkyl or cyclic N) is 1. The molecule has 1 aromatic carbocycles. The Labute approximate surface area is 141 Å². The SMILES string of the molecule is COc1ccc(OC)c2c1CN(C(=O)NC[C@@H]1CCOC1)C[C@H]2O. The highest BCUT2D eigenvalue weighted by Gasteiger charge is 2.32. The minimum Gasteiger partial charge on any atom is -0.496 e. The number of hydrogen-bond acceptors (Lipinski definition) is 5. The quantitative estimate of drug-likeness (QED) is 0.866. The molecule has 0 aliphatic carbocycles. The average Bonchev–Trinajstić information content (AvgIpc) is 3.12. The lowest BCUT2D eigenvalue weighted by Crippen LogP contribution is -2.45. The molecule has 1 aromatic rings. The second-order valence-corrected chi connectivity index (χ2v) is 6.17. The van der Waals surface area contributed by atoms with Crippen molar-refractivity contribution in [3.05, 3.63) is 23.3 Å². The number of carbonyl (C=O) groups excluding carboxylic acids is 1. The number of rotatable bonds is 4. The summed E-state index contributed by atoms with van der Waals surface area (Å²) in [7, 11) is 3.14. The van der Waals surface area contributed by atoms with Crippen LogP contribution in [-0.2, 0) is 11.3 Å². The van der Waals surface area contributed by atoms with Crippen LogP contribution < -0.4 is 14.8 Å². The first-order valence-corrected chi connectivity index (χ1v) is 8.16. The molecule has 2 atom stereocenters. The molecule has 2 heterocycles. The molecule has 0 spiro atoms. The van der Waals surface area contributed by atoms with Crippen LogP contribution in [0.4, 0.5) is 4.79 Å². The Morgan fingerprint density at radius 2 is 2.12 bits per heavy atom. The van der Waals surface area contributed by atoms with E-state index in [4.69, 9.17) is 14.2 Å². The van der Waals surface area contributed by atoms with Crippen molar-refractivity contribution in [1.29, 1.82) is 0 Å². The van der Waals surface area contributed by atoms with Crippen LogP contribution in [0.1, 0.15) is 23.7 Å². The summed E-state index contributed by atoms with van der Waals surface area (Å²) in [6.45, 7) is 2.64. The van der Waals surface area contributed by atoms with Gasteiger partial charge in [-0.15, -0.1) is 0 Å². The number of nitrogens with zero attached hydrogens (tertiary/aromatic N) is 1. The summed E-state index contributed by atoms with van der Waals surface area (Å²) in [6.07, 6.45) is 0.163. The van der Waals surface area contributed by atoms with Gasteiger partial charge in [0.05, 0.1) is 33.9 Å². The topological polar surface area (TPSA) is 80.3 Å². The minimum atomic E-state index is -0.806. The highest BCUT2D eigenvalue weighted by atomic mass is 16.5. The maximum absolute atomic E-state index is 12.5. The average molecular weight is 336 g/mol. The van der Waals surface area contributed by atoms with Crippen LogP contribution in [0, 0.1) is 5.92 Å². The van der Waals surface area contributed by atoms with E-state index in [2.05, 4.69) is 5.32 Å². The Kier molecular flexibility index (Phi) is 5.11. The monoisotopic (exact) mass is 336 g/mol. The summed E-state index contributed by atoms with van der Waals surface area (Å²) < 4.78 is 16.1. The predicted octanol–water partition coefficient (Wildman–Crippen LogP) is 1.30. The molecule has 0 radical (unpaired) electrons. The van der Waals surface area contributed by atoms with E-state index in [1.807, 2.05) is 0 Å². The van der Waals surface area contributed by atoms with E-state index < -0.39 is 6.10 Å². The van der Waals surface area contributed by atoms with Crippen LogP contribution in [0.2, 0.25) is 0 Å². The molecule has 132 valence electrons. The second kappa shape index (κ2) is 7.27. The van der Waals surface area contributed by atoms with Crippen LogP contribution in [0.3, 0.4) is 0 Å². The van der Waals surface area contributed by atoms with Crippen molar-refractivity contribution in [2.75, 3.05) is 40.5 Å². The number of amides is 2. The number of ether oxygens (including phenoxy) is 3. The number of benzene rings is 1. The maximum atomic E-state index is 12.5. The van der Waals surface area contributed by atoms with Gasteiger partial charge in [-0.05, 0) is 18.6 Å². The first-order chi connectivity index (χ1) is 11.6. The Morgan fingerprint density at radius 3 is 2.79 bits per heavy atom. The van der Waals surface area contributed by atoms with E-state index >= 15 is 0 Å². The molecule has 3 rings (SSSR count). The molecule has 1 saturated heterocycles. The molecule has 2 amide bonds. The number of nitrogens with one attached hydrogen (secondary N) is 1. The minimum absolute atomic E-state index is 0.184.